The molecule has 0 aliphatic heterocycles. The first-order valence-corrected chi connectivity index (χ1v) is 13.1. The van der Waals surface area contributed by atoms with Crippen molar-refractivity contribution >= 4 is 10.8 Å². The van der Waals surface area contributed by atoms with Crippen molar-refractivity contribution < 1.29 is 4.39 Å². The van der Waals surface area contributed by atoms with Crippen LogP contribution in [0, 0.1) is 23.6 Å². The molecule has 3 aromatic rings. The summed E-state index contributed by atoms with van der Waals surface area (Å²) >= 11 is 0. The van der Waals surface area contributed by atoms with Crippen LogP contribution >= 0.6 is 0 Å². The SMILES string of the molecule is C/C=C/CCC1CCC(c2ccc(C#Cc3ccc4cc(CCCC)ccc4c3F)cc2)CC1. The molecular weight excluding hydrogens is 415 g/mol. The number of unbranched alkanes of at least 4 members (excludes halogenated alkanes) is 1. The zero-order valence-electron chi connectivity index (χ0n) is 20.7. The monoisotopic (exact) mass is 452 g/mol. The van der Waals surface area contributed by atoms with Gasteiger partial charge < -0.3 is 0 Å². The summed E-state index contributed by atoms with van der Waals surface area (Å²) in [5.41, 5.74) is 4.11. The molecule has 0 saturated heterocycles. The molecule has 34 heavy (non-hydrogen) atoms. The molecule has 1 fully saturated rings. The van der Waals surface area contributed by atoms with Gasteiger partial charge in [-0.05, 0) is 105 Å². The van der Waals surface area contributed by atoms with Gasteiger partial charge in [0.25, 0.3) is 0 Å². The maximum atomic E-state index is 15.1. The van der Waals surface area contributed by atoms with E-state index >= 15 is 4.39 Å². The maximum absolute atomic E-state index is 15.1. The molecule has 0 heterocycles. The van der Waals surface area contributed by atoms with Gasteiger partial charge in [-0.2, -0.15) is 0 Å². The molecule has 1 saturated carbocycles. The van der Waals surface area contributed by atoms with Gasteiger partial charge in [-0.1, -0.05) is 73.7 Å². The molecule has 0 amide bonds. The van der Waals surface area contributed by atoms with Gasteiger partial charge >= 0.3 is 0 Å². The number of aryl methyl sites for hydroxylation is 1. The molecule has 1 aliphatic rings. The van der Waals surface area contributed by atoms with Gasteiger partial charge in [0.1, 0.15) is 5.82 Å². The Balaban J connectivity index is 1.40. The van der Waals surface area contributed by atoms with Crippen molar-refractivity contribution in [3.8, 4) is 11.8 Å². The van der Waals surface area contributed by atoms with Crippen molar-refractivity contribution in [3.63, 3.8) is 0 Å². The minimum atomic E-state index is -0.213. The zero-order chi connectivity index (χ0) is 23.8. The van der Waals surface area contributed by atoms with Gasteiger partial charge in [-0.15, -0.1) is 0 Å². The van der Waals surface area contributed by atoms with E-state index in [1.165, 1.54) is 56.1 Å². The number of allylic oxidation sites excluding steroid dienone is 2. The Morgan fingerprint density at radius 3 is 2.47 bits per heavy atom. The normalized spacial score (nSPS) is 18.2. The lowest BCUT2D eigenvalue weighted by Crippen LogP contribution is -2.13. The molecule has 4 rings (SSSR count). The molecule has 0 nitrogen and oxygen atoms in total. The molecule has 0 unspecified atom stereocenters. The highest BCUT2D eigenvalue weighted by Gasteiger charge is 2.21. The van der Waals surface area contributed by atoms with E-state index in [2.05, 4.69) is 68.2 Å². The summed E-state index contributed by atoms with van der Waals surface area (Å²) in [7, 11) is 0. The average Bonchev–Trinajstić information content (AvgIpc) is 2.88. The van der Waals surface area contributed by atoms with Crippen molar-refractivity contribution in [1.82, 2.24) is 0 Å². The van der Waals surface area contributed by atoms with Gasteiger partial charge in [0.15, 0.2) is 0 Å². The van der Waals surface area contributed by atoms with E-state index in [1.807, 2.05) is 24.3 Å². The number of hydrogen-bond donors (Lipinski definition) is 0. The number of hydrogen-bond acceptors (Lipinski definition) is 0. The Morgan fingerprint density at radius 1 is 0.941 bits per heavy atom. The van der Waals surface area contributed by atoms with Crippen LogP contribution in [0.25, 0.3) is 10.8 Å². The maximum Gasteiger partial charge on any atom is 0.146 e. The predicted molar refractivity (Wildman–Crippen MR) is 144 cm³/mol. The average molecular weight is 453 g/mol. The fourth-order valence-corrected chi connectivity index (χ4v) is 5.24. The summed E-state index contributed by atoms with van der Waals surface area (Å²) in [4.78, 5) is 0. The van der Waals surface area contributed by atoms with E-state index in [0.717, 1.165) is 29.7 Å². The van der Waals surface area contributed by atoms with E-state index < -0.39 is 0 Å². The molecule has 3 aromatic carbocycles. The van der Waals surface area contributed by atoms with Crippen LogP contribution in [0.1, 0.15) is 93.4 Å². The topological polar surface area (TPSA) is 0 Å². The molecule has 0 spiro atoms. The molecule has 1 heteroatoms. The number of benzene rings is 3. The van der Waals surface area contributed by atoms with E-state index in [0.29, 0.717) is 16.9 Å². The van der Waals surface area contributed by atoms with Gasteiger partial charge in [0, 0.05) is 10.9 Å². The first-order valence-electron chi connectivity index (χ1n) is 13.1. The first kappa shape index (κ1) is 24.3. The summed E-state index contributed by atoms with van der Waals surface area (Å²) in [6.45, 7) is 4.30. The van der Waals surface area contributed by atoms with Crippen LogP contribution in [0.15, 0.2) is 66.7 Å². The number of fused-ring (bicyclic) bond motifs is 1. The summed E-state index contributed by atoms with van der Waals surface area (Å²) in [6, 6.07) is 18.5. The van der Waals surface area contributed by atoms with Crippen LogP contribution in [-0.4, -0.2) is 0 Å². The van der Waals surface area contributed by atoms with Crippen molar-refractivity contribution in [2.75, 3.05) is 0 Å². The fraction of sp³-hybridized carbons (Fsp3) is 0.394. The summed E-state index contributed by atoms with van der Waals surface area (Å²) in [6.07, 6.45) is 15.6. The predicted octanol–water partition coefficient (Wildman–Crippen LogP) is 9.35. The Labute approximate surface area is 205 Å². The number of halogens is 1. The highest BCUT2D eigenvalue weighted by molar-refractivity contribution is 5.85. The second kappa shape index (κ2) is 12.0. The van der Waals surface area contributed by atoms with E-state index in [9.17, 15) is 0 Å². The second-order valence-corrected chi connectivity index (χ2v) is 9.82. The quantitative estimate of drug-likeness (QED) is 0.247. The zero-order valence-corrected chi connectivity index (χ0v) is 20.7. The third-order valence-electron chi connectivity index (χ3n) is 7.39. The summed E-state index contributed by atoms with van der Waals surface area (Å²) < 4.78 is 15.1. The highest BCUT2D eigenvalue weighted by atomic mass is 19.1. The third-order valence-corrected chi connectivity index (χ3v) is 7.39. The molecule has 0 N–H and O–H groups in total. The molecule has 0 aromatic heterocycles. The van der Waals surface area contributed by atoms with Gasteiger partial charge in [0.2, 0.25) is 0 Å². The van der Waals surface area contributed by atoms with Crippen molar-refractivity contribution in [1.29, 1.82) is 0 Å². The summed E-state index contributed by atoms with van der Waals surface area (Å²) in [5, 5.41) is 1.61. The van der Waals surface area contributed by atoms with Crippen LogP contribution < -0.4 is 0 Å². The second-order valence-electron chi connectivity index (χ2n) is 9.82. The largest absolute Gasteiger partial charge is 0.205 e. The van der Waals surface area contributed by atoms with Crippen LogP contribution in [0.4, 0.5) is 4.39 Å². The van der Waals surface area contributed by atoms with Gasteiger partial charge in [-0.3, -0.25) is 0 Å². The van der Waals surface area contributed by atoms with Crippen molar-refractivity contribution in [3.05, 3.63) is 94.8 Å². The smallest absolute Gasteiger partial charge is 0.146 e. The van der Waals surface area contributed by atoms with Gasteiger partial charge in [-0.25, -0.2) is 4.39 Å². The third kappa shape index (κ3) is 6.18. The molecule has 0 radical (unpaired) electrons. The van der Waals surface area contributed by atoms with Gasteiger partial charge in [0.05, 0.1) is 5.56 Å². The molecular formula is C33H37F. The Kier molecular flexibility index (Phi) is 8.59. The molecule has 0 atom stereocenters. The lowest BCUT2D eigenvalue weighted by Gasteiger charge is -2.28. The Hall–Kier alpha value is -2.85. The molecule has 0 bridgehead atoms. The summed E-state index contributed by atoms with van der Waals surface area (Å²) in [5.74, 6) is 7.58. The minimum absolute atomic E-state index is 0.213. The fourth-order valence-electron chi connectivity index (χ4n) is 5.24. The van der Waals surface area contributed by atoms with E-state index in [-0.39, 0.29) is 5.82 Å². The van der Waals surface area contributed by atoms with E-state index in [1.54, 1.807) is 0 Å². The van der Waals surface area contributed by atoms with Crippen LogP contribution in [0.2, 0.25) is 0 Å². The molecule has 1 aliphatic carbocycles. The lowest BCUT2D eigenvalue weighted by molar-refractivity contribution is 0.312. The lowest BCUT2D eigenvalue weighted by atomic mass is 9.77. The van der Waals surface area contributed by atoms with E-state index in [4.69, 9.17) is 0 Å². The van der Waals surface area contributed by atoms with Crippen molar-refractivity contribution in [2.45, 2.75) is 77.6 Å². The van der Waals surface area contributed by atoms with Crippen molar-refractivity contribution in [2.24, 2.45) is 5.92 Å². The van der Waals surface area contributed by atoms with Crippen LogP contribution in [0.5, 0.6) is 0 Å². The Morgan fingerprint density at radius 2 is 1.74 bits per heavy atom. The minimum Gasteiger partial charge on any atom is -0.205 e. The Bertz CT molecular complexity index is 1160. The van der Waals surface area contributed by atoms with Crippen LogP contribution in [-0.2, 0) is 6.42 Å². The number of rotatable bonds is 7. The molecule has 176 valence electrons. The first-order chi connectivity index (χ1) is 16.7. The van der Waals surface area contributed by atoms with Crippen LogP contribution in [0.3, 0.4) is 0 Å². The highest BCUT2D eigenvalue weighted by Crippen LogP contribution is 2.37. The standard InChI is InChI=1S/C33H37F/c1-3-5-7-9-25-10-16-28(17-11-25)29-18-12-26(13-19-29)14-20-30-21-22-31-24-27(8-6-4-2)15-23-32(31)33(30)34/h3,5,12-13,15,18-19,21-25,28H,4,6-11,16-17H2,1-2H3/b5-3+.